The predicted molar refractivity (Wildman–Crippen MR) is 73.2 cm³/mol. The van der Waals surface area contributed by atoms with Crippen LogP contribution >= 0.6 is 0 Å². The first-order valence-corrected chi connectivity index (χ1v) is 5.62. The lowest BCUT2D eigenvalue weighted by Crippen LogP contribution is -2.00. The molecule has 0 saturated carbocycles. The van der Waals surface area contributed by atoms with Gasteiger partial charge in [-0.3, -0.25) is 20.5 Å². The Morgan fingerprint density at radius 1 is 1.32 bits per heavy atom. The van der Waals surface area contributed by atoms with Crippen molar-refractivity contribution in [1.29, 1.82) is 0 Å². The zero-order valence-electron chi connectivity index (χ0n) is 10.3. The molecule has 6 nitrogen and oxygen atoms in total. The van der Waals surface area contributed by atoms with Crippen molar-refractivity contribution in [2.75, 3.05) is 5.43 Å². The van der Waals surface area contributed by atoms with Gasteiger partial charge in [0.05, 0.1) is 16.3 Å². The Kier molecular flexibility index (Phi) is 3.82. The fourth-order valence-corrected chi connectivity index (χ4v) is 1.45. The van der Waals surface area contributed by atoms with Gasteiger partial charge in [-0.15, -0.1) is 0 Å². The second-order valence-electron chi connectivity index (χ2n) is 3.85. The minimum absolute atomic E-state index is 0.0542. The molecule has 0 unspecified atom stereocenters. The number of pyridine rings is 1. The van der Waals surface area contributed by atoms with Crippen molar-refractivity contribution in [2.24, 2.45) is 5.10 Å². The molecule has 0 saturated heterocycles. The number of hydrogen-bond acceptors (Lipinski definition) is 5. The number of non-ortho nitro benzene ring substituents is 1. The Morgan fingerprint density at radius 2 is 2.05 bits per heavy atom. The Labute approximate surface area is 110 Å². The highest BCUT2D eigenvalue weighted by Gasteiger charge is 2.03. The van der Waals surface area contributed by atoms with Gasteiger partial charge in [0.2, 0.25) is 0 Å². The molecule has 0 spiro atoms. The molecule has 19 heavy (non-hydrogen) atoms. The molecule has 0 aliphatic rings. The topological polar surface area (TPSA) is 80.4 Å². The Hall–Kier alpha value is -2.76. The second kappa shape index (κ2) is 5.72. The Bertz CT molecular complexity index is 594. The minimum Gasteiger partial charge on any atom is -0.278 e. The van der Waals surface area contributed by atoms with Gasteiger partial charge in [-0.25, -0.2) is 0 Å². The summed E-state index contributed by atoms with van der Waals surface area (Å²) in [5.74, 6) is 0. The quantitative estimate of drug-likeness (QED) is 0.518. The van der Waals surface area contributed by atoms with E-state index in [1.54, 1.807) is 24.5 Å². The highest BCUT2D eigenvalue weighted by molar-refractivity contribution is 5.98. The third-order valence-corrected chi connectivity index (χ3v) is 2.51. The molecule has 1 aromatic carbocycles. The molecule has 0 amide bonds. The summed E-state index contributed by atoms with van der Waals surface area (Å²) in [6.45, 7) is 1.86. The van der Waals surface area contributed by atoms with Gasteiger partial charge in [-0.05, 0) is 25.1 Å². The van der Waals surface area contributed by atoms with Gasteiger partial charge >= 0.3 is 0 Å². The molecule has 96 valence electrons. The molecule has 0 bridgehead atoms. The van der Waals surface area contributed by atoms with E-state index in [-0.39, 0.29) is 5.69 Å². The number of benzene rings is 1. The van der Waals surface area contributed by atoms with Crippen molar-refractivity contribution < 1.29 is 4.92 Å². The number of nitrogens with one attached hydrogen (secondary N) is 1. The van der Waals surface area contributed by atoms with Crippen LogP contribution in [0.25, 0.3) is 0 Å². The van der Waals surface area contributed by atoms with E-state index in [1.165, 1.54) is 12.1 Å². The first kappa shape index (κ1) is 12.7. The summed E-state index contributed by atoms with van der Waals surface area (Å²) in [4.78, 5) is 14.1. The molecule has 6 heteroatoms. The van der Waals surface area contributed by atoms with E-state index in [1.807, 2.05) is 19.1 Å². The summed E-state index contributed by atoms with van der Waals surface area (Å²) in [5.41, 5.74) is 5.29. The first-order valence-electron chi connectivity index (χ1n) is 5.62. The number of aromatic nitrogens is 1. The maximum Gasteiger partial charge on any atom is 0.269 e. The van der Waals surface area contributed by atoms with Crippen LogP contribution in [-0.2, 0) is 0 Å². The van der Waals surface area contributed by atoms with E-state index in [0.29, 0.717) is 5.69 Å². The van der Waals surface area contributed by atoms with E-state index in [4.69, 9.17) is 0 Å². The van der Waals surface area contributed by atoms with Gasteiger partial charge in [0.1, 0.15) is 0 Å². The number of hydrogen-bond donors (Lipinski definition) is 1. The normalized spacial score (nSPS) is 11.1. The third-order valence-electron chi connectivity index (χ3n) is 2.51. The standard InChI is InChI=1S/C13H12N4O2/c1-10(11-3-2-8-14-9-11)15-16-12-4-6-13(7-5-12)17(18)19/h2-9,16H,1H3/b15-10-. The zero-order valence-corrected chi connectivity index (χ0v) is 10.3. The SMILES string of the molecule is C/C(=N/Nc1ccc([N+](=O)[O-])cc1)c1cccnc1. The molecule has 1 aromatic heterocycles. The summed E-state index contributed by atoms with van der Waals surface area (Å²) in [7, 11) is 0. The number of nitro groups is 1. The highest BCUT2D eigenvalue weighted by atomic mass is 16.6. The van der Waals surface area contributed by atoms with Crippen LogP contribution in [0.5, 0.6) is 0 Å². The summed E-state index contributed by atoms with van der Waals surface area (Å²) in [5, 5.41) is 14.7. The number of hydrazone groups is 1. The van der Waals surface area contributed by atoms with E-state index in [9.17, 15) is 10.1 Å². The molecule has 2 aromatic rings. The maximum atomic E-state index is 10.5. The van der Waals surface area contributed by atoms with E-state index in [0.717, 1.165) is 11.3 Å². The minimum atomic E-state index is -0.437. The largest absolute Gasteiger partial charge is 0.278 e. The molecular formula is C13H12N4O2. The van der Waals surface area contributed by atoms with Crippen molar-refractivity contribution in [3.63, 3.8) is 0 Å². The van der Waals surface area contributed by atoms with Crippen molar-refractivity contribution in [2.45, 2.75) is 6.92 Å². The summed E-state index contributed by atoms with van der Waals surface area (Å²) in [6.07, 6.45) is 3.41. The summed E-state index contributed by atoms with van der Waals surface area (Å²) >= 11 is 0. The summed E-state index contributed by atoms with van der Waals surface area (Å²) in [6, 6.07) is 9.81. The maximum absolute atomic E-state index is 10.5. The van der Waals surface area contributed by atoms with Crippen LogP contribution in [-0.4, -0.2) is 15.6 Å². The van der Waals surface area contributed by atoms with Crippen LogP contribution in [0.15, 0.2) is 53.9 Å². The van der Waals surface area contributed by atoms with E-state index < -0.39 is 4.92 Å². The van der Waals surface area contributed by atoms with Crippen LogP contribution in [0.1, 0.15) is 12.5 Å². The van der Waals surface area contributed by atoms with E-state index >= 15 is 0 Å². The molecule has 1 N–H and O–H groups in total. The molecule has 0 atom stereocenters. The van der Waals surface area contributed by atoms with Crippen LogP contribution in [0.4, 0.5) is 11.4 Å². The van der Waals surface area contributed by atoms with Crippen molar-refractivity contribution in [1.82, 2.24) is 4.98 Å². The number of rotatable bonds is 4. The van der Waals surface area contributed by atoms with Crippen molar-refractivity contribution >= 4 is 17.1 Å². The number of nitro benzene ring substituents is 1. The zero-order chi connectivity index (χ0) is 13.7. The van der Waals surface area contributed by atoms with E-state index in [2.05, 4.69) is 15.5 Å². The average molecular weight is 256 g/mol. The lowest BCUT2D eigenvalue weighted by Gasteiger charge is -2.03. The summed E-state index contributed by atoms with van der Waals surface area (Å²) < 4.78 is 0. The fourth-order valence-electron chi connectivity index (χ4n) is 1.45. The van der Waals surface area contributed by atoms with Gasteiger partial charge in [0.15, 0.2) is 0 Å². The smallest absolute Gasteiger partial charge is 0.269 e. The monoisotopic (exact) mass is 256 g/mol. The molecule has 1 heterocycles. The highest BCUT2D eigenvalue weighted by Crippen LogP contribution is 2.15. The van der Waals surface area contributed by atoms with Crippen LogP contribution in [0.3, 0.4) is 0 Å². The van der Waals surface area contributed by atoms with Crippen molar-refractivity contribution in [3.8, 4) is 0 Å². The average Bonchev–Trinajstić information content (AvgIpc) is 2.46. The molecule has 2 rings (SSSR count). The lowest BCUT2D eigenvalue weighted by molar-refractivity contribution is -0.384. The first-order chi connectivity index (χ1) is 9.16. The fraction of sp³-hybridized carbons (Fsp3) is 0.0769. The third kappa shape index (κ3) is 3.35. The van der Waals surface area contributed by atoms with Crippen LogP contribution in [0.2, 0.25) is 0 Å². The predicted octanol–water partition coefficient (Wildman–Crippen LogP) is 2.83. The molecule has 0 aliphatic heterocycles. The van der Waals surface area contributed by atoms with Gasteiger partial charge in [0, 0.05) is 30.1 Å². The molecule has 0 aliphatic carbocycles. The van der Waals surface area contributed by atoms with Crippen LogP contribution in [0, 0.1) is 10.1 Å². The van der Waals surface area contributed by atoms with Gasteiger partial charge in [0.25, 0.3) is 5.69 Å². The second-order valence-corrected chi connectivity index (χ2v) is 3.85. The Balaban J connectivity index is 2.08. The molecule has 0 radical (unpaired) electrons. The number of anilines is 1. The molecule has 0 fully saturated rings. The van der Waals surface area contributed by atoms with Crippen molar-refractivity contribution in [3.05, 3.63) is 64.5 Å². The van der Waals surface area contributed by atoms with Gasteiger partial charge in [-0.1, -0.05) is 6.07 Å². The number of nitrogens with zero attached hydrogens (tertiary/aromatic N) is 3. The van der Waals surface area contributed by atoms with Crippen LogP contribution < -0.4 is 5.43 Å². The van der Waals surface area contributed by atoms with Gasteiger partial charge in [-0.2, -0.15) is 5.10 Å². The lowest BCUT2D eigenvalue weighted by atomic mass is 10.2. The molecular weight excluding hydrogens is 244 g/mol. The van der Waals surface area contributed by atoms with Gasteiger partial charge < -0.3 is 0 Å². The Morgan fingerprint density at radius 3 is 2.63 bits per heavy atom.